The maximum absolute atomic E-state index is 12.7. The molecule has 1 saturated heterocycles. The number of hydrogen-bond donors (Lipinski definition) is 1. The SMILES string of the molecule is O=C(OCc1ccccc1)N1C[C@@H](O)[C@H](N(Cc2cccc(Cl)c2)Cc2cc(Cl)ccc2Cl)C1. The van der Waals surface area contributed by atoms with E-state index in [4.69, 9.17) is 39.5 Å². The number of benzene rings is 3. The molecule has 178 valence electrons. The molecule has 2 atom stereocenters. The number of carbonyl (C=O) groups is 1. The highest BCUT2D eigenvalue weighted by molar-refractivity contribution is 6.33. The van der Waals surface area contributed by atoms with Gasteiger partial charge in [0.05, 0.1) is 18.7 Å². The minimum Gasteiger partial charge on any atom is -0.445 e. The van der Waals surface area contributed by atoms with Crippen molar-refractivity contribution in [2.75, 3.05) is 13.1 Å². The fourth-order valence-electron chi connectivity index (χ4n) is 4.13. The molecule has 0 unspecified atom stereocenters. The molecule has 34 heavy (non-hydrogen) atoms. The van der Waals surface area contributed by atoms with Crippen LogP contribution in [-0.2, 0) is 24.4 Å². The number of halogens is 3. The molecular formula is C26H25Cl3N2O3. The molecule has 3 aromatic carbocycles. The lowest BCUT2D eigenvalue weighted by Crippen LogP contribution is -2.42. The molecule has 0 bridgehead atoms. The summed E-state index contributed by atoms with van der Waals surface area (Å²) in [7, 11) is 0. The van der Waals surface area contributed by atoms with Crippen LogP contribution in [0.3, 0.4) is 0 Å². The van der Waals surface area contributed by atoms with Crippen LogP contribution in [0.25, 0.3) is 0 Å². The van der Waals surface area contributed by atoms with E-state index in [1.54, 1.807) is 17.0 Å². The molecule has 1 N–H and O–H groups in total. The lowest BCUT2D eigenvalue weighted by Gasteiger charge is -2.31. The van der Waals surface area contributed by atoms with Gasteiger partial charge in [0.1, 0.15) is 6.61 Å². The Hall–Kier alpha value is -2.28. The van der Waals surface area contributed by atoms with Crippen LogP contribution in [-0.4, -0.2) is 46.2 Å². The van der Waals surface area contributed by atoms with Crippen LogP contribution >= 0.6 is 34.8 Å². The lowest BCUT2D eigenvalue weighted by molar-refractivity contribution is 0.0728. The molecule has 4 rings (SSSR count). The van der Waals surface area contributed by atoms with Crippen LogP contribution in [0, 0.1) is 0 Å². The summed E-state index contributed by atoms with van der Waals surface area (Å²) in [5, 5.41) is 12.7. The topological polar surface area (TPSA) is 53.0 Å². The summed E-state index contributed by atoms with van der Waals surface area (Å²) in [6.07, 6.45) is -1.20. The predicted octanol–water partition coefficient (Wildman–Crippen LogP) is 6.03. The first-order chi connectivity index (χ1) is 16.4. The van der Waals surface area contributed by atoms with E-state index in [-0.39, 0.29) is 19.2 Å². The number of likely N-dealkylation sites (tertiary alicyclic amines) is 1. The fourth-order valence-corrected chi connectivity index (χ4v) is 4.72. The number of aliphatic hydroxyl groups excluding tert-OH is 1. The standard InChI is InChI=1S/C26H25Cl3N2O3/c27-21-8-4-7-19(11-21)13-30(14-20-12-22(28)9-10-23(20)29)24-15-31(16-25(24)32)26(33)34-17-18-5-2-1-3-6-18/h1-12,24-25,32H,13-17H2/t24-,25-/m1/s1. The molecule has 0 radical (unpaired) electrons. The summed E-state index contributed by atoms with van der Waals surface area (Å²) >= 11 is 18.8. The molecule has 8 heteroatoms. The van der Waals surface area contributed by atoms with E-state index in [2.05, 4.69) is 4.90 Å². The first kappa shape index (κ1) is 24.8. The molecule has 5 nitrogen and oxygen atoms in total. The van der Waals surface area contributed by atoms with Crippen molar-refractivity contribution in [3.05, 3.63) is 105 Å². The second-order valence-electron chi connectivity index (χ2n) is 8.35. The Bertz CT molecular complexity index is 1130. The Morgan fingerprint density at radius 2 is 1.65 bits per heavy atom. The van der Waals surface area contributed by atoms with Gasteiger partial charge in [-0.25, -0.2) is 4.79 Å². The Kier molecular flexibility index (Phi) is 8.35. The highest BCUT2D eigenvalue weighted by atomic mass is 35.5. The fraction of sp³-hybridized carbons (Fsp3) is 0.269. The zero-order valence-corrected chi connectivity index (χ0v) is 20.7. The van der Waals surface area contributed by atoms with Gasteiger partial charge in [0.25, 0.3) is 0 Å². The molecule has 1 amide bonds. The first-order valence-corrected chi connectivity index (χ1v) is 12.1. The normalized spacial score (nSPS) is 17.9. The van der Waals surface area contributed by atoms with E-state index in [0.717, 1.165) is 16.7 Å². The third kappa shape index (κ3) is 6.44. The van der Waals surface area contributed by atoms with Crippen molar-refractivity contribution < 1.29 is 14.6 Å². The average Bonchev–Trinajstić information content (AvgIpc) is 3.22. The second kappa shape index (κ2) is 11.4. The van der Waals surface area contributed by atoms with Crippen LogP contribution < -0.4 is 0 Å². The van der Waals surface area contributed by atoms with Crippen LogP contribution in [0.2, 0.25) is 15.1 Å². The van der Waals surface area contributed by atoms with E-state index in [1.807, 2.05) is 60.7 Å². The van der Waals surface area contributed by atoms with E-state index < -0.39 is 12.2 Å². The van der Waals surface area contributed by atoms with E-state index in [1.165, 1.54) is 0 Å². The minimum absolute atomic E-state index is 0.182. The predicted molar refractivity (Wildman–Crippen MR) is 135 cm³/mol. The van der Waals surface area contributed by atoms with Crippen molar-refractivity contribution in [3.63, 3.8) is 0 Å². The summed E-state index contributed by atoms with van der Waals surface area (Å²) in [5.74, 6) is 0. The van der Waals surface area contributed by atoms with Crippen LogP contribution in [0.15, 0.2) is 72.8 Å². The van der Waals surface area contributed by atoms with Gasteiger partial charge in [0.2, 0.25) is 0 Å². The van der Waals surface area contributed by atoms with Crippen LogP contribution in [0.5, 0.6) is 0 Å². The lowest BCUT2D eigenvalue weighted by atomic mass is 10.1. The van der Waals surface area contributed by atoms with Crippen LogP contribution in [0.1, 0.15) is 16.7 Å². The summed E-state index contributed by atoms with van der Waals surface area (Å²) in [5.41, 5.74) is 2.74. The van der Waals surface area contributed by atoms with Gasteiger partial charge in [-0.3, -0.25) is 4.90 Å². The van der Waals surface area contributed by atoms with E-state index >= 15 is 0 Å². The second-order valence-corrected chi connectivity index (χ2v) is 9.63. The van der Waals surface area contributed by atoms with Gasteiger partial charge in [-0.05, 0) is 47.0 Å². The Labute approximate surface area is 214 Å². The zero-order chi connectivity index (χ0) is 24.1. The third-order valence-electron chi connectivity index (χ3n) is 5.85. The van der Waals surface area contributed by atoms with Gasteiger partial charge in [0.15, 0.2) is 0 Å². The smallest absolute Gasteiger partial charge is 0.410 e. The minimum atomic E-state index is -0.749. The molecule has 3 aromatic rings. The number of aliphatic hydroxyl groups is 1. The highest BCUT2D eigenvalue weighted by Crippen LogP contribution is 2.27. The number of β-amino-alcohol motifs (C(OH)–C–C–N with tert-alkyl or cyclic N) is 1. The van der Waals surface area contributed by atoms with Crippen molar-refractivity contribution in [1.82, 2.24) is 9.80 Å². The molecule has 1 aliphatic heterocycles. The Morgan fingerprint density at radius 3 is 2.41 bits per heavy atom. The Balaban J connectivity index is 1.50. The molecule has 0 saturated carbocycles. The summed E-state index contributed by atoms with van der Waals surface area (Å²) < 4.78 is 5.48. The van der Waals surface area contributed by atoms with Crippen molar-refractivity contribution >= 4 is 40.9 Å². The molecule has 1 fully saturated rings. The zero-order valence-electron chi connectivity index (χ0n) is 18.4. The van der Waals surface area contributed by atoms with E-state index in [9.17, 15) is 9.90 Å². The molecule has 1 heterocycles. The molecule has 0 spiro atoms. The van der Waals surface area contributed by atoms with Gasteiger partial charge in [-0.15, -0.1) is 0 Å². The van der Waals surface area contributed by atoms with Crippen molar-refractivity contribution in [2.45, 2.75) is 31.8 Å². The van der Waals surface area contributed by atoms with Crippen molar-refractivity contribution in [1.29, 1.82) is 0 Å². The summed E-state index contributed by atoms with van der Waals surface area (Å²) in [6.45, 7) is 1.65. The average molecular weight is 520 g/mol. The van der Waals surface area contributed by atoms with Gasteiger partial charge in [0, 0.05) is 34.7 Å². The number of ether oxygens (including phenoxy) is 1. The molecular weight excluding hydrogens is 495 g/mol. The highest BCUT2D eigenvalue weighted by Gasteiger charge is 2.38. The largest absolute Gasteiger partial charge is 0.445 e. The summed E-state index contributed by atoms with van der Waals surface area (Å²) in [4.78, 5) is 16.4. The number of rotatable bonds is 7. The molecule has 1 aliphatic rings. The van der Waals surface area contributed by atoms with Crippen LogP contribution in [0.4, 0.5) is 4.79 Å². The van der Waals surface area contributed by atoms with Gasteiger partial charge < -0.3 is 14.7 Å². The number of amides is 1. The third-order valence-corrected chi connectivity index (χ3v) is 6.69. The maximum atomic E-state index is 12.7. The van der Waals surface area contributed by atoms with Crippen molar-refractivity contribution in [3.8, 4) is 0 Å². The number of hydrogen-bond acceptors (Lipinski definition) is 4. The number of carbonyl (C=O) groups excluding carboxylic acids is 1. The monoisotopic (exact) mass is 518 g/mol. The Morgan fingerprint density at radius 1 is 0.912 bits per heavy atom. The van der Waals surface area contributed by atoms with Gasteiger partial charge >= 0.3 is 6.09 Å². The maximum Gasteiger partial charge on any atom is 0.410 e. The van der Waals surface area contributed by atoms with Crippen molar-refractivity contribution in [2.24, 2.45) is 0 Å². The number of nitrogens with zero attached hydrogens (tertiary/aromatic N) is 2. The first-order valence-electron chi connectivity index (χ1n) is 10.9. The van der Waals surface area contributed by atoms with E-state index in [0.29, 0.717) is 34.7 Å². The quantitative estimate of drug-likeness (QED) is 0.414. The van der Waals surface area contributed by atoms with Gasteiger partial charge in [-0.1, -0.05) is 77.3 Å². The summed E-state index contributed by atoms with van der Waals surface area (Å²) in [6, 6.07) is 22.1. The molecule has 0 aliphatic carbocycles. The van der Waals surface area contributed by atoms with Gasteiger partial charge in [-0.2, -0.15) is 0 Å². The molecule has 0 aromatic heterocycles.